The molecular weight excluding hydrogens is 406 g/mol. The number of anilines is 1. The van der Waals surface area contributed by atoms with Crippen LogP contribution in [0.25, 0.3) is 11.0 Å². The Kier molecular flexibility index (Phi) is 6.22. The van der Waals surface area contributed by atoms with Crippen LogP contribution < -0.4 is 15.7 Å². The van der Waals surface area contributed by atoms with Crippen molar-refractivity contribution in [3.05, 3.63) is 51.5 Å². The number of aromatic nitrogens is 2. The summed E-state index contributed by atoms with van der Waals surface area (Å²) in [6.07, 6.45) is 0.450. The van der Waals surface area contributed by atoms with Crippen LogP contribution in [0.4, 0.5) is 5.82 Å². The predicted molar refractivity (Wildman–Crippen MR) is 127 cm³/mol. The zero-order valence-corrected chi connectivity index (χ0v) is 20.3. The van der Waals surface area contributed by atoms with Crippen molar-refractivity contribution in [1.82, 2.24) is 9.78 Å². The highest BCUT2D eigenvalue weighted by Gasteiger charge is 2.26. The number of hydrogen-bond acceptors (Lipinski definition) is 5. The second-order valence-electron chi connectivity index (χ2n) is 10.2. The van der Waals surface area contributed by atoms with Crippen LogP contribution in [0.15, 0.2) is 33.5 Å². The molecule has 1 aromatic carbocycles. The number of carbonyl (C=O) groups is 1. The normalized spacial score (nSPS) is 12.2. The van der Waals surface area contributed by atoms with Gasteiger partial charge in [0.2, 0.25) is 5.91 Å². The van der Waals surface area contributed by atoms with Crippen LogP contribution >= 0.6 is 0 Å². The summed E-state index contributed by atoms with van der Waals surface area (Å²) in [5.41, 5.74) is 1.86. The van der Waals surface area contributed by atoms with E-state index in [0.29, 0.717) is 22.7 Å². The monoisotopic (exact) mass is 439 g/mol. The molecule has 7 heteroatoms. The smallest absolute Gasteiger partial charge is 0.339 e. The van der Waals surface area contributed by atoms with Crippen LogP contribution in [0.1, 0.15) is 64.8 Å². The standard InChI is InChI=1S/C25H33N3O4/c1-15-17-10-9-16(31-8)13-19(17)32-23(30)18(15)11-12-22(29)26-21-14-20(24(2,3)4)27-28(21)25(5,6)7/h9-10,13-14H,11-12H2,1-8H3,(H,26,29). The summed E-state index contributed by atoms with van der Waals surface area (Å²) in [6.45, 7) is 14.3. The fraction of sp³-hybridized carbons (Fsp3) is 0.480. The topological polar surface area (TPSA) is 86.4 Å². The molecule has 1 amide bonds. The molecule has 32 heavy (non-hydrogen) atoms. The van der Waals surface area contributed by atoms with Crippen molar-refractivity contribution in [3.63, 3.8) is 0 Å². The van der Waals surface area contributed by atoms with Crippen LogP contribution in [0.5, 0.6) is 5.75 Å². The number of benzene rings is 1. The number of hydrogen-bond donors (Lipinski definition) is 1. The molecule has 2 aromatic heterocycles. The number of fused-ring (bicyclic) bond motifs is 1. The first-order valence-electron chi connectivity index (χ1n) is 10.8. The maximum atomic E-state index is 12.8. The molecule has 0 aliphatic carbocycles. The average Bonchev–Trinajstić information content (AvgIpc) is 3.12. The van der Waals surface area contributed by atoms with Crippen molar-refractivity contribution >= 4 is 22.7 Å². The Labute approximate surface area is 188 Å². The summed E-state index contributed by atoms with van der Waals surface area (Å²) in [6, 6.07) is 7.31. The van der Waals surface area contributed by atoms with E-state index in [0.717, 1.165) is 16.6 Å². The highest BCUT2D eigenvalue weighted by atomic mass is 16.5. The fourth-order valence-electron chi connectivity index (χ4n) is 3.58. The van der Waals surface area contributed by atoms with Gasteiger partial charge in [-0.15, -0.1) is 0 Å². The Morgan fingerprint density at radius 3 is 2.44 bits per heavy atom. The summed E-state index contributed by atoms with van der Waals surface area (Å²) in [7, 11) is 1.56. The molecule has 0 saturated heterocycles. The summed E-state index contributed by atoms with van der Waals surface area (Å²) in [4.78, 5) is 25.4. The lowest BCUT2D eigenvalue weighted by Gasteiger charge is -2.23. The highest BCUT2D eigenvalue weighted by molar-refractivity contribution is 5.90. The van der Waals surface area contributed by atoms with E-state index in [9.17, 15) is 9.59 Å². The van der Waals surface area contributed by atoms with Crippen molar-refractivity contribution in [2.45, 2.75) is 72.3 Å². The van der Waals surface area contributed by atoms with Gasteiger partial charge in [0.05, 0.1) is 18.3 Å². The van der Waals surface area contributed by atoms with Crippen molar-refractivity contribution in [3.8, 4) is 5.75 Å². The molecule has 0 atom stereocenters. The number of nitrogens with one attached hydrogen (secondary N) is 1. The SMILES string of the molecule is COc1ccc2c(C)c(CCC(=O)Nc3cc(C(C)(C)C)nn3C(C)(C)C)c(=O)oc2c1. The van der Waals surface area contributed by atoms with E-state index >= 15 is 0 Å². The molecular formula is C25H33N3O4. The molecule has 0 aliphatic heterocycles. The van der Waals surface area contributed by atoms with Gasteiger partial charge in [-0.3, -0.25) is 4.79 Å². The van der Waals surface area contributed by atoms with Gasteiger partial charge in [0.15, 0.2) is 0 Å². The molecule has 0 radical (unpaired) electrons. The molecule has 3 rings (SSSR count). The van der Waals surface area contributed by atoms with Gasteiger partial charge in [0.25, 0.3) is 0 Å². The molecule has 3 aromatic rings. The van der Waals surface area contributed by atoms with E-state index in [4.69, 9.17) is 14.3 Å². The third kappa shape index (κ3) is 4.87. The second kappa shape index (κ2) is 8.45. The predicted octanol–water partition coefficient (Wildman–Crippen LogP) is 4.93. The summed E-state index contributed by atoms with van der Waals surface area (Å²) >= 11 is 0. The molecule has 2 heterocycles. The van der Waals surface area contributed by atoms with E-state index in [1.54, 1.807) is 13.2 Å². The largest absolute Gasteiger partial charge is 0.497 e. The van der Waals surface area contributed by atoms with Crippen LogP contribution in [-0.2, 0) is 22.2 Å². The number of rotatable bonds is 5. The van der Waals surface area contributed by atoms with E-state index in [1.807, 2.05) is 50.6 Å². The summed E-state index contributed by atoms with van der Waals surface area (Å²) < 4.78 is 12.5. The van der Waals surface area contributed by atoms with E-state index in [1.165, 1.54) is 0 Å². The quantitative estimate of drug-likeness (QED) is 0.570. The Morgan fingerprint density at radius 2 is 1.84 bits per heavy atom. The van der Waals surface area contributed by atoms with Crippen LogP contribution in [0.2, 0.25) is 0 Å². The van der Waals surface area contributed by atoms with Crippen molar-refractivity contribution in [2.75, 3.05) is 12.4 Å². The number of amides is 1. The van der Waals surface area contributed by atoms with Crippen molar-refractivity contribution in [2.24, 2.45) is 0 Å². The third-order valence-corrected chi connectivity index (χ3v) is 5.48. The maximum Gasteiger partial charge on any atom is 0.339 e. The number of methoxy groups -OCH3 is 1. The molecule has 0 unspecified atom stereocenters. The van der Waals surface area contributed by atoms with Crippen molar-refractivity contribution < 1.29 is 13.9 Å². The van der Waals surface area contributed by atoms with Gasteiger partial charge < -0.3 is 14.5 Å². The zero-order chi connectivity index (χ0) is 23.8. The van der Waals surface area contributed by atoms with Gasteiger partial charge in [-0.05, 0) is 51.8 Å². The third-order valence-electron chi connectivity index (χ3n) is 5.48. The van der Waals surface area contributed by atoms with Crippen molar-refractivity contribution in [1.29, 1.82) is 0 Å². The van der Waals surface area contributed by atoms with Gasteiger partial charge >= 0.3 is 5.63 Å². The molecule has 7 nitrogen and oxygen atoms in total. The lowest BCUT2D eigenvalue weighted by molar-refractivity contribution is -0.116. The number of carbonyl (C=O) groups excluding carboxylic acids is 1. The van der Waals surface area contributed by atoms with Crippen LogP contribution in [-0.4, -0.2) is 22.8 Å². The van der Waals surface area contributed by atoms with E-state index in [-0.39, 0.29) is 29.7 Å². The minimum absolute atomic E-state index is 0.139. The van der Waals surface area contributed by atoms with Gasteiger partial charge in [-0.1, -0.05) is 20.8 Å². The summed E-state index contributed by atoms with van der Waals surface area (Å²) in [5, 5.41) is 8.55. The number of nitrogens with zero attached hydrogens (tertiary/aromatic N) is 2. The molecule has 0 spiro atoms. The summed E-state index contributed by atoms with van der Waals surface area (Å²) in [5.74, 6) is 1.10. The Balaban J connectivity index is 1.82. The first-order valence-corrected chi connectivity index (χ1v) is 10.8. The van der Waals surface area contributed by atoms with Gasteiger partial charge in [-0.25, -0.2) is 9.48 Å². The molecule has 1 N–H and O–H groups in total. The van der Waals surface area contributed by atoms with Gasteiger partial charge in [0, 0.05) is 34.9 Å². The zero-order valence-electron chi connectivity index (χ0n) is 20.3. The fourth-order valence-corrected chi connectivity index (χ4v) is 3.58. The lowest BCUT2D eigenvalue weighted by Crippen LogP contribution is -2.27. The first kappa shape index (κ1) is 23.6. The molecule has 0 saturated carbocycles. The highest BCUT2D eigenvalue weighted by Crippen LogP contribution is 2.28. The van der Waals surface area contributed by atoms with E-state index in [2.05, 4.69) is 26.1 Å². The lowest BCUT2D eigenvalue weighted by atomic mass is 9.92. The number of aryl methyl sites for hydroxylation is 1. The molecule has 172 valence electrons. The average molecular weight is 440 g/mol. The Hall–Kier alpha value is -3.09. The molecule has 0 fully saturated rings. The Morgan fingerprint density at radius 1 is 1.16 bits per heavy atom. The van der Waals surface area contributed by atoms with Crippen LogP contribution in [0, 0.1) is 6.92 Å². The first-order chi connectivity index (χ1) is 14.8. The molecule has 0 bridgehead atoms. The second-order valence-corrected chi connectivity index (χ2v) is 10.2. The van der Waals surface area contributed by atoms with E-state index < -0.39 is 5.63 Å². The Bertz CT molecular complexity index is 1210. The maximum absolute atomic E-state index is 12.8. The van der Waals surface area contributed by atoms with Gasteiger partial charge in [-0.2, -0.15) is 5.10 Å². The number of ether oxygens (including phenoxy) is 1. The minimum Gasteiger partial charge on any atom is -0.497 e. The van der Waals surface area contributed by atoms with Crippen LogP contribution in [0.3, 0.4) is 0 Å². The van der Waals surface area contributed by atoms with Gasteiger partial charge in [0.1, 0.15) is 17.2 Å². The minimum atomic E-state index is -0.425. The molecule has 0 aliphatic rings.